The van der Waals surface area contributed by atoms with Crippen LogP contribution < -0.4 is 10.1 Å². The molecule has 1 aromatic heterocycles. The van der Waals surface area contributed by atoms with Gasteiger partial charge in [-0.3, -0.25) is 0 Å². The minimum Gasteiger partial charge on any atom is -0.497 e. The van der Waals surface area contributed by atoms with E-state index in [2.05, 4.69) is 48.1 Å². The first kappa shape index (κ1) is 12.6. The summed E-state index contributed by atoms with van der Waals surface area (Å²) in [6, 6.07) is 10.3. The molecule has 1 N–H and O–H groups in total. The van der Waals surface area contributed by atoms with Crippen LogP contribution in [0.5, 0.6) is 5.75 Å². The second kappa shape index (κ2) is 5.63. The van der Waals surface area contributed by atoms with Crippen molar-refractivity contribution in [3.05, 3.63) is 47.8 Å². The van der Waals surface area contributed by atoms with Gasteiger partial charge in [-0.15, -0.1) is 0 Å². The van der Waals surface area contributed by atoms with E-state index < -0.39 is 0 Å². The van der Waals surface area contributed by atoms with Gasteiger partial charge in [0.1, 0.15) is 5.75 Å². The standard InChI is InChI=1S/C15H20N2O/c1-4-17-9-5-6-13(17)11-16-15-8-7-14(18-3)10-12(15)2/h5-10,16H,4,11H2,1-3H3. The lowest BCUT2D eigenvalue weighted by Crippen LogP contribution is -2.06. The maximum absolute atomic E-state index is 5.21. The molecule has 1 heterocycles. The average molecular weight is 244 g/mol. The summed E-state index contributed by atoms with van der Waals surface area (Å²) in [4.78, 5) is 0. The molecule has 96 valence electrons. The Bertz CT molecular complexity index is 517. The molecule has 1 aromatic carbocycles. The fourth-order valence-corrected chi connectivity index (χ4v) is 2.07. The van der Waals surface area contributed by atoms with E-state index in [1.54, 1.807) is 7.11 Å². The Hall–Kier alpha value is -1.90. The molecule has 0 aliphatic carbocycles. The smallest absolute Gasteiger partial charge is 0.119 e. The molecule has 0 spiro atoms. The SMILES string of the molecule is CCn1cccc1CNc1ccc(OC)cc1C. The molecule has 18 heavy (non-hydrogen) atoms. The number of rotatable bonds is 5. The predicted molar refractivity (Wildman–Crippen MR) is 75.2 cm³/mol. The molecule has 0 atom stereocenters. The molecule has 0 unspecified atom stereocenters. The van der Waals surface area contributed by atoms with Crippen LogP contribution >= 0.6 is 0 Å². The lowest BCUT2D eigenvalue weighted by molar-refractivity contribution is 0.414. The van der Waals surface area contributed by atoms with Crippen LogP contribution in [-0.4, -0.2) is 11.7 Å². The maximum atomic E-state index is 5.21. The third-order valence-electron chi connectivity index (χ3n) is 3.16. The van der Waals surface area contributed by atoms with Crippen molar-refractivity contribution in [1.82, 2.24) is 4.57 Å². The maximum Gasteiger partial charge on any atom is 0.119 e. The highest BCUT2D eigenvalue weighted by Crippen LogP contribution is 2.21. The van der Waals surface area contributed by atoms with E-state index >= 15 is 0 Å². The Labute approximate surface area is 108 Å². The van der Waals surface area contributed by atoms with Crippen molar-refractivity contribution >= 4 is 5.69 Å². The lowest BCUT2D eigenvalue weighted by atomic mass is 10.2. The fourth-order valence-electron chi connectivity index (χ4n) is 2.07. The van der Waals surface area contributed by atoms with Crippen molar-refractivity contribution in [3.63, 3.8) is 0 Å². The predicted octanol–water partition coefficient (Wildman–Crippen LogP) is 3.44. The van der Waals surface area contributed by atoms with Gasteiger partial charge in [-0.05, 0) is 49.7 Å². The van der Waals surface area contributed by atoms with Gasteiger partial charge in [-0.2, -0.15) is 0 Å². The number of nitrogens with one attached hydrogen (secondary N) is 1. The number of methoxy groups -OCH3 is 1. The van der Waals surface area contributed by atoms with Crippen molar-refractivity contribution < 1.29 is 4.74 Å². The summed E-state index contributed by atoms with van der Waals surface area (Å²) < 4.78 is 7.45. The van der Waals surface area contributed by atoms with Crippen LogP contribution in [-0.2, 0) is 13.1 Å². The molecule has 3 nitrogen and oxygen atoms in total. The van der Waals surface area contributed by atoms with Gasteiger partial charge in [0.05, 0.1) is 13.7 Å². The van der Waals surface area contributed by atoms with Crippen molar-refractivity contribution in [2.24, 2.45) is 0 Å². The number of aryl methyl sites for hydroxylation is 2. The first-order valence-electron chi connectivity index (χ1n) is 6.27. The van der Waals surface area contributed by atoms with Crippen molar-refractivity contribution in [2.75, 3.05) is 12.4 Å². The van der Waals surface area contributed by atoms with Crippen molar-refractivity contribution in [2.45, 2.75) is 26.9 Å². The summed E-state index contributed by atoms with van der Waals surface area (Å²) in [6.07, 6.45) is 2.11. The second-order valence-electron chi connectivity index (χ2n) is 4.32. The number of ether oxygens (including phenoxy) is 1. The van der Waals surface area contributed by atoms with Gasteiger partial charge in [-0.1, -0.05) is 0 Å². The zero-order chi connectivity index (χ0) is 13.0. The van der Waals surface area contributed by atoms with Crippen molar-refractivity contribution in [3.8, 4) is 5.75 Å². The Morgan fingerprint density at radius 2 is 2.11 bits per heavy atom. The molecule has 3 heteroatoms. The highest BCUT2D eigenvalue weighted by molar-refractivity contribution is 5.53. The molecule has 2 aromatic rings. The first-order chi connectivity index (χ1) is 8.74. The number of aromatic nitrogens is 1. The molecule has 2 rings (SSSR count). The van der Waals surface area contributed by atoms with Gasteiger partial charge in [0.15, 0.2) is 0 Å². The Morgan fingerprint density at radius 3 is 2.78 bits per heavy atom. The molecule has 0 fully saturated rings. The first-order valence-corrected chi connectivity index (χ1v) is 6.27. The quantitative estimate of drug-likeness (QED) is 0.872. The van der Waals surface area contributed by atoms with E-state index in [1.807, 2.05) is 12.1 Å². The van der Waals surface area contributed by atoms with Crippen LogP contribution in [0, 0.1) is 6.92 Å². The molecule has 0 bridgehead atoms. The molecule has 0 saturated heterocycles. The molecule has 0 amide bonds. The molecule has 0 saturated carbocycles. The van der Waals surface area contributed by atoms with Crippen molar-refractivity contribution in [1.29, 1.82) is 0 Å². The normalized spacial score (nSPS) is 10.4. The van der Waals surface area contributed by atoms with E-state index in [-0.39, 0.29) is 0 Å². The zero-order valence-corrected chi connectivity index (χ0v) is 11.2. The summed E-state index contributed by atoms with van der Waals surface area (Å²) in [7, 11) is 1.69. The number of hydrogen-bond acceptors (Lipinski definition) is 2. The summed E-state index contributed by atoms with van der Waals surface area (Å²) in [5, 5.41) is 3.46. The summed E-state index contributed by atoms with van der Waals surface area (Å²) in [5.74, 6) is 0.898. The van der Waals surface area contributed by atoms with Crippen LogP contribution in [0.2, 0.25) is 0 Å². The number of nitrogens with zero attached hydrogens (tertiary/aromatic N) is 1. The third-order valence-corrected chi connectivity index (χ3v) is 3.16. The van der Waals surface area contributed by atoms with Crippen LogP contribution in [0.4, 0.5) is 5.69 Å². The van der Waals surface area contributed by atoms with E-state index in [9.17, 15) is 0 Å². The molecular weight excluding hydrogens is 224 g/mol. The monoisotopic (exact) mass is 244 g/mol. The Balaban J connectivity index is 2.06. The zero-order valence-electron chi connectivity index (χ0n) is 11.2. The van der Waals surface area contributed by atoms with Crippen LogP contribution in [0.25, 0.3) is 0 Å². The minimum absolute atomic E-state index is 0.841. The van der Waals surface area contributed by atoms with E-state index in [0.29, 0.717) is 0 Å². The second-order valence-corrected chi connectivity index (χ2v) is 4.32. The fraction of sp³-hybridized carbons (Fsp3) is 0.333. The van der Waals surface area contributed by atoms with E-state index in [4.69, 9.17) is 4.74 Å². The number of benzene rings is 1. The summed E-state index contributed by atoms with van der Waals surface area (Å²) in [6.45, 7) is 6.09. The summed E-state index contributed by atoms with van der Waals surface area (Å²) in [5.41, 5.74) is 3.65. The van der Waals surface area contributed by atoms with E-state index in [1.165, 1.54) is 11.3 Å². The average Bonchev–Trinajstić information content (AvgIpc) is 2.84. The minimum atomic E-state index is 0.841. The molecule has 0 aliphatic heterocycles. The Morgan fingerprint density at radius 1 is 1.28 bits per heavy atom. The number of anilines is 1. The van der Waals surface area contributed by atoms with Gasteiger partial charge in [0.2, 0.25) is 0 Å². The third kappa shape index (κ3) is 2.67. The van der Waals surface area contributed by atoms with Gasteiger partial charge in [0, 0.05) is 24.1 Å². The molecule has 0 aliphatic rings. The van der Waals surface area contributed by atoms with Gasteiger partial charge >= 0.3 is 0 Å². The van der Waals surface area contributed by atoms with Crippen LogP contribution in [0.3, 0.4) is 0 Å². The molecular formula is C15H20N2O. The highest BCUT2D eigenvalue weighted by Gasteiger charge is 2.02. The van der Waals surface area contributed by atoms with Crippen LogP contribution in [0.1, 0.15) is 18.2 Å². The van der Waals surface area contributed by atoms with Crippen LogP contribution in [0.15, 0.2) is 36.5 Å². The van der Waals surface area contributed by atoms with Gasteiger partial charge < -0.3 is 14.6 Å². The number of hydrogen-bond donors (Lipinski definition) is 1. The van der Waals surface area contributed by atoms with Gasteiger partial charge in [0.25, 0.3) is 0 Å². The lowest BCUT2D eigenvalue weighted by Gasteiger charge is -2.12. The largest absolute Gasteiger partial charge is 0.497 e. The summed E-state index contributed by atoms with van der Waals surface area (Å²) >= 11 is 0. The highest BCUT2D eigenvalue weighted by atomic mass is 16.5. The van der Waals surface area contributed by atoms with Gasteiger partial charge in [-0.25, -0.2) is 0 Å². The van der Waals surface area contributed by atoms with E-state index in [0.717, 1.165) is 24.5 Å². The molecule has 0 radical (unpaired) electrons. The Kier molecular flexibility index (Phi) is 3.92. The topological polar surface area (TPSA) is 26.2 Å².